The van der Waals surface area contributed by atoms with E-state index in [-0.39, 0.29) is 0 Å². The van der Waals surface area contributed by atoms with Crippen molar-refractivity contribution >= 4 is 59.6 Å². The summed E-state index contributed by atoms with van der Waals surface area (Å²) in [6.45, 7) is 0. The van der Waals surface area contributed by atoms with Crippen molar-refractivity contribution in [3.8, 4) is 22.3 Å². The summed E-state index contributed by atoms with van der Waals surface area (Å²) in [6, 6.07) is 46.1. The van der Waals surface area contributed by atoms with Crippen LogP contribution in [0.3, 0.4) is 0 Å². The third-order valence-corrected chi connectivity index (χ3v) is 18.4. The molecule has 5 bridgehead atoms. The second kappa shape index (κ2) is 9.93. The van der Waals surface area contributed by atoms with Crippen LogP contribution in [0.1, 0.15) is 91.4 Å². The zero-order valence-electron chi connectivity index (χ0n) is 32.4. The third-order valence-electron chi connectivity index (χ3n) is 18.4. The highest BCUT2D eigenvalue weighted by Gasteiger charge is 2.72. The van der Waals surface area contributed by atoms with Crippen molar-refractivity contribution in [2.24, 2.45) is 35.0 Å². The van der Waals surface area contributed by atoms with Gasteiger partial charge in [0, 0.05) is 21.5 Å². The molecule has 2 aromatic heterocycles. The number of aromatic nitrogens is 1. The zero-order valence-corrected chi connectivity index (χ0v) is 32.4. The van der Waals surface area contributed by atoms with Gasteiger partial charge in [0.15, 0.2) is 0 Å². The molecule has 7 aliphatic carbocycles. The second-order valence-electron chi connectivity index (χ2n) is 20.6. The normalized spacial score (nSPS) is 31.3. The van der Waals surface area contributed by atoms with Gasteiger partial charge < -0.3 is 4.40 Å². The second-order valence-corrected chi connectivity index (χ2v) is 20.6. The monoisotopic (exact) mass is 731 g/mol. The molecule has 7 aliphatic rings. The summed E-state index contributed by atoms with van der Waals surface area (Å²) in [5.41, 5.74) is 16.8. The number of nitrogens with zero attached hydrogens (tertiary/aromatic N) is 1. The molecule has 5 fully saturated rings. The van der Waals surface area contributed by atoms with Crippen molar-refractivity contribution in [3.05, 3.63) is 138 Å². The topological polar surface area (TPSA) is 4.41 Å². The van der Waals surface area contributed by atoms with Crippen molar-refractivity contribution in [3.63, 3.8) is 0 Å². The van der Waals surface area contributed by atoms with E-state index in [9.17, 15) is 0 Å². The molecule has 9 atom stereocenters. The van der Waals surface area contributed by atoms with E-state index in [1.54, 1.807) is 22.3 Å². The first-order chi connectivity index (χ1) is 28.1. The molecule has 0 saturated heterocycles. The summed E-state index contributed by atoms with van der Waals surface area (Å²) in [5, 5.41) is 11.4. The molecule has 1 heteroatoms. The molecular weight excluding hydrogens is 687 g/mol. The van der Waals surface area contributed by atoms with Gasteiger partial charge in [-0.15, -0.1) is 0 Å². The molecule has 9 aromatic rings. The van der Waals surface area contributed by atoms with Crippen LogP contribution in [0.25, 0.3) is 81.9 Å². The third kappa shape index (κ3) is 3.59. The Hall–Kier alpha value is -5.14. The predicted molar refractivity (Wildman–Crippen MR) is 236 cm³/mol. The Bertz CT molecular complexity index is 3270. The average Bonchev–Trinajstić information content (AvgIpc) is 3.94. The van der Waals surface area contributed by atoms with Gasteiger partial charge >= 0.3 is 0 Å². The summed E-state index contributed by atoms with van der Waals surface area (Å²) in [4.78, 5) is 0. The van der Waals surface area contributed by atoms with Gasteiger partial charge in [-0.1, -0.05) is 78.9 Å². The van der Waals surface area contributed by atoms with Crippen molar-refractivity contribution in [2.45, 2.75) is 75.5 Å². The quantitative estimate of drug-likeness (QED) is 0.167. The lowest BCUT2D eigenvalue weighted by Gasteiger charge is -2.68. The number of hydrogen-bond donors (Lipinski definition) is 0. The average molecular weight is 732 g/mol. The van der Waals surface area contributed by atoms with Crippen LogP contribution in [-0.2, 0) is 6.42 Å². The zero-order chi connectivity index (χ0) is 36.5. The van der Waals surface area contributed by atoms with Gasteiger partial charge in [0.1, 0.15) is 0 Å². The molecule has 5 saturated carbocycles. The van der Waals surface area contributed by atoms with Gasteiger partial charge in [0.25, 0.3) is 0 Å². The van der Waals surface area contributed by atoms with E-state index in [2.05, 4.69) is 120 Å². The van der Waals surface area contributed by atoms with E-state index in [4.69, 9.17) is 0 Å². The smallest absolute Gasteiger partial charge is 0.0620 e. The maximum atomic E-state index is 2.68. The van der Waals surface area contributed by atoms with Crippen molar-refractivity contribution < 1.29 is 0 Å². The van der Waals surface area contributed by atoms with E-state index < -0.39 is 0 Å². The summed E-state index contributed by atoms with van der Waals surface area (Å²) in [5.74, 6) is 7.20. The van der Waals surface area contributed by atoms with Crippen LogP contribution in [0.5, 0.6) is 0 Å². The minimum absolute atomic E-state index is 0.676. The fraction of sp³-hybridized carbons (Fsp3) is 0.321. The maximum Gasteiger partial charge on any atom is 0.0620 e. The van der Waals surface area contributed by atoms with E-state index in [1.807, 2.05) is 0 Å². The van der Waals surface area contributed by atoms with Crippen LogP contribution in [0.2, 0.25) is 0 Å². The lowest BCUT2D eigenvalue weighted by Crippen LogP contribution is -2.59. The standard InChI is InChI=1S/C56H45N/c1-2-4-30(5-3-1)31-6-8-32(9-7-31)36-22-50-48-20-37-17-45-40-12-29-10-33(13-40)34(11-29)14-41(45)15-35(37)24-53(48)57-54-25-39-19-47-46(18-38(39)21-49(54)51(23-36)55(50)57)42-16-43-26-44-27-52(47)56(43,44)28-42/h1-9,15,17-25,29,33-34,40,42-44,52H,10-14,16,26-28H2. The molecule has 1 nitrogen and oxygen atoms in total. The summed E-state index contributed by atoms with van der Waals surface area (Å²) in [7, 11) is 0. The predicted octanol–water partition coefficient (Wildman–Crippen LogP) is 14.6. The van der Waals surface area contributed by atoms with E-state index >= 15 is 0 Å². The van der Waals surface area contributed by atoms with E-state index in [0.29, 0.717) is 5.41 Å². The molecular formula is C56H45N. The van der Waals surface area contributed by atoms with Crippen LogP contribution in [0.15, 0.2) is 115 Å². The Balaban J connectivity index is 0.955. The molecule has 1 spiro atoms. The minimum Gasteiger partial charge on any atom is -0.308 e. The summed E-state index contributed by atoms with van der Waals surface area (Å²) >= 11 is 0. The number of fused-ring (bicyclic) bond motifs is 16. The van der Waals surface area contributed by atoms with Crippen LogP contribution >= 0.6 is 0 Å². The summed E-state index contributed by atoms with van der Waals surface area (Å²) in [6.07, 6.45) is 13.0. The van der Waals surface area contributed by atoms with Gasteiger partial charge in [-0.3, -0.25) is 0 Å². The lowest BCUT2D eigenvalue weighted by molar-refractivity contribution is -0.146. The highest BCUT2D eigenvalue weighted by molar-refractivity contribution is 6.27. The van der Waals surface area contributed by atoms with E-state index in [0.717, 1.165) is 47.3 Å². The van der Waals surface area contributed by atoms with Crippen molar-refractivity contribution in [1.29, 1.82) is 0 Å². The van der Waals surface area contributed by atoms with Gasteiger partial charge in [0.2, 0.25) is 0 Å². The van der Waals surface area contributed by atoms with Crippen LogP contribution in [0, 0.1) is 35.0 Å². The van der Waals surface area contributed by atoms with Crippen LogP contribution in [-0.4, -0.2) is 4.40 Å². The Morgan fingerprint density at radius 1 is 0.456 bits per heavy atom. The molecule has 274 valence electrons. The number of benzene rings is 7. The van der Waals surface area contributed by atoms with Gasteiger partial charge in [-0.05, 0) is 213 Å². The maximum absolute atomic E-state index is 2.68. The number of hydrogen-bond acceptors (Lipinski definition) is 0. The molecule has 16 rings (SSSR count). The Kier molecular flexibility index (Phi) is 5.23. The molecule has 9 unspecified atom stereocenters. The lowest BCUT2D eigenvalue weighted by atomic mass is 9.36. The first kappa shape index (κ1) is 30.0. The molecule has 57 heavy (non-hydrogen) atoms. The summed E-state index contributed by atoms with van der Waals surface area (Å²) < 4.78 is 2.68. The van der Waals surface area contributed by atoms with Crippen molar-refractivity contribution in [1.82, 2.24) is 4.40 Å². The van der Waals surface area contributed by atoms with Gasteiger partial charge in [-0.2, -0.15) is 0 Å². The molecule has 0 radical (unpaired) electrons. The Morgan fingerprint density at radius 3 is 1.88 bits per heavy atom. The van der Waals surface area contributed by atoms with E-state index in [1.165, 1.54) is 140 Å². The highest BCUT2D eigenvalue weighted by atomic mass is 14.9. The van der Waals surface area contributed by atoms with Crippen molar-refractivity contribution in [2.75, 3.05) is 0 Å². The Labute approximate surface area is 333 Å². The number of rotatable bonds is 2. The molecule has 7 aromatic carbocycles. The minimum atomic E-state index is 0.676. The Morgan fingerprint density at radius 2 is 1.11 bits per heavy atom. The van der Waals surface area contributed by atoms with Crippen LogP contribution < -0.4 is 0 Å². The molecule has 0 aliphatic heterocycles. The first-order valence-electron chi connectivity index (χ1n) is 22.5. The van der Waals surface area contributed by atoms with Crippen LogP contribution in [0.4, 0.5) is 0 Å². The first-order valence-corrected chi connectivity index (χ1v) is 22.5. The molecule has 2 heterocycles. The fourth-order valence-corrected chi connectivity index (χ4v) is 16.0. The molecule has 0 amide bonds. The largest absolute Gasteiger partial charge is 0.308 e. The SMILES string of the molecule is c1ccc(-c2ccc(-c3cc4c5cc6cc7c(cc6cc5n5c6cc8cc9c(cc8cc6c(c3)c45)C3CC4CC5CC9C45C3)CC3CC4CC7CC3C4)cc2)cc1. The van der Waals surface area contributed by atoms with Gasteiger partial charge in [-0.25, -0.2) is 0 Å². The molecule has 0 N–H and O–H groups in total. The highest BCUT2D eigenvalue weighted by Crippen LogP contribution is 2.82. The van der Waals surface area contributed by atoms with Gasteiger partial charge in [0.05, 0.1) is 16.6 Å². The fourth-order valence-electron chi connectivity index (χ4n) is 16.0.